The highest BCUT2D eigenvalue weighted by molar-refractivity contribution is 9.09. The number of likely N-dealkylation sites (tertiary alicyclic amines) is 1. The molecule has 1 spiro atoms. The van der Waals surface area contributed by atoms with Gasteiger partial charge in [-0.1, -0.05) is 35.7 Å². The number of nitrogens with one attached hydrogen (secondary N) is 2. The quantitative estimate of drug-likeness (QED) is 0.214. The third kappa shape index (κ3) is 5.84. The Balaban J connectivity index is 1.60. The number of aliphatic hydroxyl groups is 1. The third-order valence-electron chi connectivity index (χ3n) is 8.46. The Labute approximate surface area is 245 Å². The zero-order valence-electron chi connectivity index (χ0n) is 23.3. The Morgan fingerprint density at radius 3 is 2.44 bits per heavy atom. The van der Waals surface area contributed by atoms with Gasteiger partial charge in [0.25, 0.3) is 0 Å². The average Bonchev–Trinajstić information content (AvgIpc) is 3.52. The van der Waals surface area contributed by atoms with Gasteiger partial charge in [0, 0.05) is 54.2 Å². The number of carbonyl (C=O) groups excluding carboxylic acids is 3. The minimum atomic E-state index is -0.644. The standard InChI is InChI=1S/C29H43BrN4O4S/c1-4-15-31-26(36)22-23-28(38)34(16-9-7-8-10-17-35)25(29(23)18-21(30)24(22)39-29)27(37)32-19-11-13-20(14-12-19)33(5-2)6-3/h11-14,21-25,35H,4-10,15-18H2,1-3H3,(H,31,36)(H,32,37)/t21?,22-,23+,24-,25?,29?/m1/s1. The first-order valence-electron chi connectivity index (χ1n) is 14.5. The second kappa shape index (κ2) is 13.3. The van der Waals surface area contributed by atoms with Crippen LogP contribution >= 0.6 is 27.7 Å². The second-order valence-electron chi connectivity index (χ2n) is 10.8. The number of hydrogen-bond donors (Lipinski definition) is 3. The molecule has 8 nitrogen and oxygen atoms in total. The Morgan fingerprint density at radius 1 is 1.10 bits per heavy atom. The number of fused-ring (bicyclic) bond motifs is 1. The average molecular weight is 624 g/mol. The van der Waals surface area contributed by atoms with Gasteiger partial charge in [-0.05, 0) is 63.8 Å². The lowest BCUT2D eigenvalue weighted by Gasteiger charge is -2.35. The SMILES string of the molecule is CCCNC(=O)[C@H]1[C@@H]2SC3(CC2Br)C(C(=O)Nc2ccc(N(CC)CC)cc2)N(CCCCCCO)C(=O)[C@H]13. The predicted octanol–water partition coefficient (Wildman–Crippen LogP) is 4.01. The number of unbranched alkanes of at least 4 members (excludes halogenated alkanes) is 3. The molecule has 3 heterocycles. The summed E-state index contributed by atoms with van der Waals surface area (Å²) in [4.78, 5) is 45.5. The van der Waals surface area contributed by atoms with Crippen molar-refractivity contribution in [3.63, 3.8) is 0 Å². The van der Waals surface area contributed by atoms with Crippen LogP contribution in [0.5, 0.6) is 0 Å². The van der Waals surface area contributed by atoms with Crippen molar-refractivity contribution in [1.82, 2.24) is 10.2 Å². The summed E-state index contributed by atoms with van der Waals surface area (Å²) in [6.45, 7) is 9.27. The predicted molar refractivity (Wildman–Crippen MR) is 161 cm³/mol. The van der Waals surface area contributed by atoms with Crippen LogP contribution in [0, 0.1) is 11.8 Å². The number of halogens is 1. The monoisotopic (exact) mass is 622 g/mol. The highest BCUT2D eigenvalue weighted by atomic mass is 79.9. The van der Waals surface area contributed by atoms with Gasteiger partial charge in [-0.25, -0.2) is 0 Å². The summed E-state index contributed by atoms with van der Waals surface area (Å²) in [5, 5.41) is 15.2. The molecule has 3 aliphatic rings. The van der Waals surface area contributed by atoms with Crippen LogP contribution < -0.4 is 15.5 Å². The van der Waals surface area contributed by atoms with Crippen LogP contribution in [-0.4, -0.2) is 81.4 Å². The molecule has 0 aliphatic carbocycles. The molecule has 39 heavy (non-hydrogen) atoms. The first-order chi connectivity index (χ1) is 18.8. The molecule has 2 bridgehead atoms. The number of anilines is 2. The number of amides is 3. The summed E-state index contributed by atoms with van der Waals surface area (Å²) in [7, 11) is 0. The van der Waals surface area contributed by atoms with E-state index in [9.17, 15) is 14.4 Å². The maximum atomic E-state index is 14.0. The van der Waals surface area contributed by atoms with Crippen molar-refractivity contribution in [2.75, 3.05) is 43.0 Å². The summed E-state index contributed by atoms with van der Waals surface area (Å²) in [5.41, 5.74) is 1.81. The van der Waals surface area contributed by atoms with Crippen LogP contribution in [0.15, 0.2) is 24.3 Å². The first kappa shape index (κ1) is 30.2. The number of alkyl halides is 1. The van der Waals surface area contributed by atoms with E-state index in [1.807, 2.05) is 31.2 Å². The molecule has 4 rings (SSSR count). The maximum Gasteiger partial charge on any atom is 0.248 e. The van der Waals surface area contributed by atoms with E-state index in [2.05, 4.69) is 45.3 Å². The van der Waals surface area contributed by atoms with Crippen LogP contribution in [-0.2, 0) is 14.4 Å². The Bertz CT molecular complexity index is 1020. The van der Waals surface area contributed by atoms with Gasteiger partial charge in [-0.15, -0.1) is 11.8 Å². The van der Waals surface area contributed by atoms with Crippen LogP contribution in [0.1, 0.15) is 59.3 Å². The molecule has 10 heteroatoms. The number of nitrogens with zero attached hydrogens (tertiary/aromatic N) is 2. The van der Waals surface area contributed by atoms with Gasteiger partial charge >= 0.3 is 0 Å². The summed E-state index contributed by atoms with van der Waals surface area (Å²) < 4.78 is -0.638. The van der Waals surface area contributed by atoms with Gasteiger partial charge in [0.15, 0.2) is 0 Å². The molecule has 1 aromatic rings. The largest absolute Gasteiger partial charge is 0.396 e. The zero-order chi connectivity index (χ0) is 28.2. The number of carbonyl (C=O) groups is 3. The van der Waals surface area contributed by atoms with Gasteiger partial charge < -0.3 is 25.5 Å². The van der Waals surface area contributed by atoms with Gasteiger partial charge in [0.2, 0.25) is 17.7 Å². The van der Waals surface area contributed by atoms with Crippen molar-refractivity contribution in [3.8, 4) is 0 Å². The van der Waals surface area contributed by atoms with Crippen LogP contribution in [0.4, 0.5) is 11.4 Å². The third-order valence-corrected chi connectivity index (χ3v) is 11.7. The molecular formula is C29H43BrN4O4S. The van der Waals surface area contributed by atoms with Crippen LogP contribution in [0.2, 0.25) is 0 Å². The van der Waals surface area contributed by atoms with Crippen molar-refractivity contribution >= 4 is 56.8 Å². The number of benzene rings is 1. The number of aliphatic hydroxyl groups excluding tert-OH is 1. The van der Waals surface area contributed by atoms with Crippen molar-refractivity contribution in [1.29, 1.82) is 0 Å². The molecular weight excluding hydrogens is 580 g/mol. The fraction of sp³-hybridized carbons (Fsp3) is 0.690. The summed E-state index contributed by atoms with van der Waals surface area (Å²) in [6, 6.07) is 7.23. The van der Waals surface area contributed by atoms with Crippen LogP contribution in [0.25, 0.3) is 0 Å². The van der Waals surface area contributed by atoms with Crippen molar-refractivity contribution in [3.05, 3.63) is 24.3 Å². The molecule has 216 valence electrons. The number of rotatable bonds is 14. The molecule has 3 amide bonds. The molecule has 3 fully saturated rings. The molecule has 0 radical (unpaired) electrons. The lowest BCUT2D eigenvalue weighted by Crippen LogP contribution is -2.53. The van der Waals surface area contributed by atoms with E-state index in [1.165, 1.54) is 0 Å². The molecule has 3 aliphatic heterocycles. The minimum Gasteiger partial charge on any atom is -0.396 e. The van der Waals surface area contributed by atoms with E-state index in [-0.39, 0.29) is 34.4 Å². The van der Waals surface area contributed by atoms with Crippen molar-refractivity contribution in [2.45, 2.75) is 80.2 Å². The van der Waals surface area contributed by atoms with Crippen molar-refractivity contribution in [2.24, 2.45) is 11.8 Å². The van der Waals surface area contributed by atoms with Gasteiger partial charge in [-0.2, -0.15) is 0 Å². The minimum absolute atomic E-state index is 0.0360. The first-order valence-corrected chi connectivity index (χ1v) is 16.3. The maximum absolute atomic E-state index is 14.0. The number of hydrogen-bond acceptors (Lipinski definition) is 6. The van der Waals surface area contributed by atoms with Crippen LogP contribution in [0.3, 0.4) is 0 Å². The second-order valence-corrected chi connectivity index (χ2v) is 13.5. The Morgan fingerprint density at radius 2 is 1.79 bits per heavy atom. The normalized spacial score (nSPS) is 29.0. The fourth-order valence-electron chi connectivity index (χ4n) is 6.64. The molecule has 0 aromatic heterocycles. The van der Waals surface area contributed by atoms with E-state index in [1.54, 1.807) is 16.7 Å². The van der Waals surface area contributed by atoms with E-state index in [4.69, 9.17) is 5.11 Å². The molecule has 3 N–H and O–H groups in total. The molecule has 0 saturated carbocycles. The lowest BCUT2D eigenvalue weighted by atomic mass is 9.70. The lowest BCUT2D eigenvalue weighted by molar-refractivity contribution is -0.139. The van der Waals surface area contributed by atoms with Gasteiger partial charge in [0.1, 0.15) is 6.04 Å². The Kier molecular flexibility index (Phi) is 10.3. The van der Waals surface area contributed by atoms with Gasteiger partial charge in [-0.3, -0.25) is 14.4 Å². The highest BCUT2D eigenvalue weighted by Gasteiger charge is 2.75. The van der Waals surface area contributed by atoms with Gasteiger partial charge in [0.05, 0.1) is 16.6 Å². The smallest absolute Gasteiger partial charge is 0.248 e. The van der Waals surface area contributed by atoms with E-state index in [0.717, 1.165) is 50.9 Å². The molecule has 3 saturated heterocycles. The number of thioether (sulfide) groups is 1. The topological polar surface area (TPSA) is 102 Å². The molecule has 3 unspecified atom stereocenters. The van der Waals surface area contributed by atoms with Crippen molar-refractivity contribution < 1.29 is 19.5 Å². The van der Waals surface area contributed by atoms with E-state index in [0.29, 0.717) is 25.2 Å². The summed E-state index contributed by atoms with van der Waals surface area (Å²) in [5.74, 6) is -1.28. The Hall–Kier alpha value is -1.78. The zero-order valence-corrected chi connectivity index (χ0v) is 25.7. The highest BCUT2D eigenvalue weighted by Crippen LogP contribution is 2.67. The van der Waals surface area contributed by atoms with E-state index < -0.39 is 22.6 Å². The molecule has 1 aromatic carbocycles. The fourth-order valence-corrected chi connectivity index (χ4v) is 10.3. The summed E-state index contributed by atoms with van der Waals surface area (Å²) >= 11 is 5.48. The van der Waals surface area contributed by atoms with E-state index >= 15 is 0 Å². The summed E-state index contributed by atoms with van der Waals surface area (Å²) in [6.07, 6.45) is 4.75. The molecule has 6 atom stereocenters.